The molecule has 0 atom stereocenters. The van der Waals surface area contributed by atoms with Gasteiger partial charge in [-0.1, -0.05) is 18.2 Å². The van der Waals surface area contributed by atoms with E-state index < -0.39 is 5.97 Å². The fourth-order valence-electron chi connectivity index (χ4n) is 2.72. The van der Waals surface area contributed by atoms with Crippen molar-refractivity contribution in [3.8, 4) is 0 Å². The average Bonchev–Trinajstić information content (AvgIpc) is 2.72. The Morgan fingerprint density at radius 3 is 2.61 bits per heavy atom. The second-order valence-electron chi connectivity index (χ2n) is 5.47. The Balaban J connectivity index is 0.00000264. The largest absolute Gasteiger partial charge is 1.00 e. The Hall–Kier alpha value is -1.30. The molecule has 0 fully saturated rings. The summed E-state index contributed by atoms with van der Waals surface area (Å²) < 4.78 is 2.16. The molecule has 1 heterocycles. The summed E-state index contributed by atoms with van der Waals surface area (Å²) in [6.07, 6.45) is 1.24. The molecule has 2 rings (SSSR count). The van der Waals surface area contributed by atoms with Gasteiger partial charge in [0.15, 0.2) is 0 Å². The second kappa shape index (κ2) is 9.11. The number of fused-ring (bicyclic) bond motifs is 1. The first kappa shape index (κ1) is 19.7. The van der Waals surface area contributed by atoms with Crippen molar-refractivity contribution in [2.75, 3.05) is 6.54 Å². The summed E-state index contributed by atoms with van der Waals surface area (Å²) in [6, 6.07) is 8.22. The number of carbonyl (C=O) groups is 2. The van der Waals surface area contributed by atoms with Gasteiger partial charge in [0.2, 0.25) is 5.91 Å². The quantitative estimate of drug-likeness (QED) is 0.603. The molecule has 1 aromatic heterocycles. The Bertz CT molecular complexity index is 694. The van der Waals surface area contributed by atoms with Gasteiger partial charge in [0, 0.05) is 42.6 Å². The predicted molar refractivity (Wildman–Crippen MR) is 83.2 cm³/mol. The number of aromatic nitrogens is 1. The zero-order valence-electron chi connectivity index (χ0n) is 14.0. The summed E-state index contributed by atoms with van der Waals surface area (Å²) in [7, 11) is 2.04. The summed E-state index contributed by atoms with van der Waals surface area (Å²) in [6.45, 7) is 2.63. The number of carboxylic acid groups (broad SMARTS) is 1. The third-order valence-corrected chi connectivity index (χ3v) is 4.01. The molecule has 6 heteroatoms. The zero-order valence-corrected chi connectivity index (χ0v) is 16.0. The maximum atomic E-state index is 11.6. The third kappa shape index (κ3) is 5.09. The van der Waals surface area contributed by atoms with Crippen LogP contribution < -0.4 is 40.0 Å². The molecule has 0 radical (unpaired) electrons. The normalized spacial score (nSPS) is 10.3. The van der Waals surface area contributed by atoms with Crippen LogP contribution in [0.4, 0.5) is 0 Å². The number of hydrogen-bond acceptors (Lipinski definition) is 3. The van der Waals surface area contributed by atoms with Crippen LogP contribution in [0, 0.1) is 6.92 Å². The molecule has 0 bridgehead atoms. The van der Waals surface area contributed by atoms with Gasteiger partial charge >= 0.3 is 29.6 Å². The number of hydrogen-bond donors (Lipinski definition) is 1. The van der Waals surface area contributed by atoms with E-state index in [4.69, 9.17) is 0 Å². The van der Waals surface area contributed by atoms with Crippen LogP contribution in [0.5, 0.6) is 0 Å². The Morgan fingerprint density at radius 1 is 1.22 bits per heavy atom. The van der Waals surface area contributed by atoms with Gasteiger partial charge in [-0.15, -0.1) is 0 Å². The van der Waals surface area contributed by atoms with E-state index >= 15 is 0 Å². The molecule has 5 nitrogen and oxygen atoms in total. The van der Waals surface area contributed by atoms with Gasteiger partial charge in [-0.3, -0.25) is 4.79 Å². The van der Waals surface area contributed by atoms with E-state index in [1.807, 2.05) is 19.2 Å². The molecular formula is C17H21N2NaO3. The molecule has 2 aromatic rings. The first-order valence-corrected chi connectivity index (χ1v) is 7.50. The smallest absolute Gasteiger partial charge is 0.550 e. The monoisotopic (exact) mass is 324 g/mol. The molecule has 1 aromatic carbocycles. The topological polar surface area (TPSA) is 74.2 Å². The molecule has 23 heavy (non-hydrogen) atoms. The van der Waals surface area contributed by atoms with Gasteiger partial charge in [0.25, 0.3) is 0 Å². The molecule has 0 aliphatic rings. The molecule has 0 saturated heterocycles. The van der Waals surface area contributed by atoms with Crippen LogP contribution in [0.1, 0.15) is 30.5 Å². The van der Waals surface area contributed by atoms with Crippen molar-refractivity contribution in [1.29, 1.82) is 0 Å². The average molecular weight is 324 g/mol. The van der Waals surface area contributed by atoms with Crippen molar-refractivity contribution in [3.05, 3.63) is 35.5 Å². The Morgan fingerprint density at radius 2 is 1.91 bits per heavy atom. The second-order valence-corrected chi connectivity index (χ2v) is 5.47. The van der Waals surface area contributed by atoms with E-state index in [1.54, 1.807) is 0 Å². The number of carboxylic acids is 1. The van der Waals surface area contributed by atoms with Crippen LogP contribution in [0.15, 0.2) is 24.3 Å². The predicted octanol–water partition coefficient (Wildman–Crippen LogP) is -1.93. The number of benzene rings is 1. The van der Waals surface area contributed by atoms with Gasteiger partial charge in [-0.05, 0) is 37.8 Å². The van der Waals surface area contributed by atoms with E-state index in [0.29, 0.717) is 13.0 Å². The van der Waals surface area contributed by atoms with Crippen molar-refractivity contribution >= 4 is 22.8 Å². The van der Waals surface area contributed by atoms with Crippen molar-refractivity contribution in [2.24, 2.45) is 7.05 Å². The van der Waals surface area contributed by atoms with Crippen LogP contribution in [-0.2, 0) is 23.1 Å². The minimum absolute atomic E-state index is 0. The first-order chi connectivity index (χ1) is 10.5. The minimum atomic E-state index is -1.11. The van der Waals surface area contributed by atoms with Crippen molar-refractivity contribution < 1.29 is 44.3 Å². The number of rotatable bonds is 7. The molecular weight excluding hydrogens is 303 g/mol. The third-order valence-electron chi connectivity index (χ3n) is 4.01. The van der Waals surface area contributed by atoms with E-state index in [1.165, 1.54) is 22.2 Å². The van der Waals surface area contributed by atoms with Gasteiger partial charge in [-0.25, -0.2) is 0 Å². The number of carbonyl (C=O) groups excluding carboxylic acids is 2. The fourth-order valence-corrected chi connectivity index (χ4v) is 2.72. The van der Waals surface area contributed by atoms with Crippen molar-refractivity contribution in [2.45, 2.75) is 32.6 Å². The number of aliphatic carboxylic acids is 1. The molecule has 0 unspecified atom stereocenters. The van der Waals surface area contributed by atoms with Crippen molar-refractivity contribution in [3.63, 3.8) is 0 Å². The van der Waals surface area contributed by atoms with Gasteiger partial charge < -0.3 is 19.8 Å². The summed E-state index contributed by atoms with van der Waals surface area (Å²) in [4.78, 5) is 21.9. The molecule has 1 N–H and O–H groups in total. The molecule has 0 saturated carbocycles. The van der Waals surface area contributed by atoms with Crippen LogP contribution in [0.3, 0.4) is 0 Å². The number of para-hydroxylation sites is 1. The van der Waals surface area contributed by atoms with Gasteiger partial charge in [0.05, 0.1) is 0 Å². The maximum Gasteiger partial charge on any atom is 1.00 e. The number of amides is 1. The maximum absolute atomic E-state index is 11.6. The Kier molecular flexibility index (Phi) is 7.82. The Labute approximate surface area is 158 Å². The van der Waals surface area contributed by atoms with E-state index in [-0.39, 0.29) is 48.3 Å². The molecule has 0 aliphatic carbocycles. The fraction of sp³-hybridized carbons (Fsp3) is 0.412. The van der Waals surface area contributed by atoms with Crippen LogP contribution >= 0.6 is 0 Å². The van der Waals surface area contributed by atoms with Crippen LogP contribution in [0.2, 0.25) is 0 Å². The standard InChI is InChI=1S/C17H22N2O3.Na/c1-12-13(14-6-3-4-7-15(14)19(12)2)10-11-18-16(20)8-5-9-17(21)22;/h3-4,6-7H,5,8-11H2,1-2H3,(H,18,20)(H,21,22);/q;+1/p-1. The number of nitrogens with one attached hydrogen (secondary N) is 1. The molecule has 0 aliphatic heterocycles. The number of nitrogens with zero attached hydrogens (tertiary/aromatic N) is 1. The van der Waals surface area contributed by atoms with E-state index in [9.17, 15) is 14.7 Å². The van der Waals surface area contributed by atoms with Crippen molar-refractivity contribution in [1.82, 2.24) is 9.88 Å². The van der Waals surface area contributed by atoms with E-state index in [0.717, 1.165) is 6.42 Å². The summed E-state index contributed by atoms with van der Waals surface area (Å²) in [5.41, 5.74) is 3.64. The first-order valence-electron chi connectivity index (χ1n) is 7.50. The molecule has 0 spiro atoms. The van der Waals surface area contributed by atoms with Crippen LogP contribution in [0.25, 0.3) is 10.9 Å². The van der Waals surface area contributed by atoms with Gasteiger partial charge in [0.1, 0.15) is 0 Å². The van der Waals surface area contributed by atoms with E-state index in [2.05, 4.69) is 28.9 Å². The summed E-state index contributed by atoms with van der Waals surface area (Å²) in [5, 5.41) is 14.4. The molecule has 1 amide bonds. The SMILES string of the molecule is Cc1c(CCNC(=O)CCCC(=O)[O-])c2ccccc2n1C.[Na+]. The minimum Gasteiger partial charge on any atom is -0.550 e. The molecule has 118 valence electrons. The van der Waals surface area contributed by atoms with Crippen LogP contribution in [-0.4, -0.2) is 23.0 Å². The number of aryl methyl sites for hydroxylation is 1. The zero-order chi connectivity index (χ0) is 16.1. The summed E-state index contributed by atoms with van der Waals surface area (Å²) >= 11 is 0. The summed E-state index contributed by atoms with van der Waals surface area (Å²) in [5.74, 6) is -1.22. The van der Waals surface area contributed by atoms with Gasteiger partial charge in [-0.2, -0.15) is 0 Å².